The number of carbonyl (C=O) groups is 1. The second-order valence-electron chi connectivity index (χ2n) is 4.71. The summed E-state index contributed by atoms with van der Waals surface area (Å²) in [5.41, 5.74) is 2.31. The van der Waals surface area contributed by atoms with E-state index in [4.69, 9.17) is 16.3 Å². The van der Waals surface area contributed by atoms with Gasteiger partial charge in [-0.2, -0.15) is 0 Å². The maximum Gasteiger partial charge on any atom is 0.216 e. The van der Waals surface area contributed by atoms with Gasteiger partial charge < -0.3 is 15.4 Å². The first kappa shape index (κ1) is 17.0. The Hall–Kier alpha value is -1.10. The van der Waals surface area contributed by atoms with Crippen LogP contribution in [0.15, 0.2) is 18.2 Å². The van der Waals surface area contributed by atoms with Crippen molar-refractivity contribution in [3.8, 4) is 0 Å². The number of nitrogens with one attached hydrogen (secondary N) is 2. The van der Waals surface area contributed by atoms with Crippen molar-refractivity contribution < 1.29 is 9.53 Å². The number of aryl methyl sites for hydroxylation is 1. The van der Waals surface area contributed by atoms with Crippen LogP contribution in [0.1, 0.15) is 30.6 Å². The molecule has 0 saturated carbocycles. The number of amides is 1. The summed E-state index contributed by atoms with van der Waals surface area (Å²) in [6.45, 7) is 6.21. The molecule has 1 aromatic rings. The highest BCUT2D eigenvalue weighted by Crippen LogP contribution is 2.26. The van der Waals surface area contributed by atoms with Crippen molar-refractivity contribution in [2.24, 2.45) is 0 Å². The first-order valence-electron chi connectivity index (χ1n) is 6.81. The van der Waals surface area contributed by atoms with Gasteiger partial charge in [0.05, 0.1) is 12.7 Å². The highest BCUT2D eigenvalue weighted by atomic mass is 35.5. The molecule has 1 unspecified atom stereocenters. The second-order valence-corrected chi connectivity index (χ2v) is 5.12. The summed E-state index contributed by atoms with van der Waals surface area (Å²) < 4.78 is 5.76. The third-order valence-corrected chi connectivity index (χ3v) is 3.51. The van der Waals surface area contributed by atoms with Crippen molar-refractivity contribution in [3.63, 3.8) is 0 Å². The maximum atomic E-state index is 9.70. The molecule has 0 radical (unpaired) electrons. The molecular weight excluding hydrogens is 276 g/mol. The largest absolute Gasteiger partial charge is 0.372 e. The van der Waals surface area contributed by atoms with Crippen molar-refractivity contribution in [1.29, 1.82) is 0 Å². The summed E-state index contributed by atoms with van der Waals surface area (Å²) in [6.07, 6.45) is 1.21. The van der Waals surface area contributed by atoms with Crippen LogP contribution in [0.5, 0.6) is 0 Å². The van der Waals surface area contributed by atoms with Gasteiger partial charge in [-0.15, -0.1) is 0 Å². The van der Waals surface area contributed by atoms with Crippen molar-refractivity contribution in [1.82, 2.24) is 10.6 Å². The summed E-state index contributed by atoms with van der Waals surface area (Å²) in [5, 5.41) is 6.53. The predicted octanol–water partition coefficient (Wildman–Crippen LogP) is 2.45. The minimum Gasteiger partial charge on any atom is -0.372 e. The fraction of sp³-hybridized carbons (Fsp3) is 0.533. The third-order valence-electron chi connectivity index (χ3n) is 3.10. The fourth-order valence-electron chi connectivity index (χ4n) is 1.79. The zero-order valence-electron chi connectivity index (χ0n) is 12.3. The van der Waals surface area contributed by atoms with Gasteiger partial charge in [0.2, 0.25) is 5.91 Å². The van der Waals surface area contributed by atoms with Crippen LogP contribution in [0.2, 0.25) is 5.02 Å². The Kier molecular flexibility index (Phi) is 7.59. The minimum absolute atomic E-state index is 0.00463. The normalized spacial score (nSPS) is 18.5. The molecule has 1 saturated heterocycles. The first-order chi connectivity index (χ1) is 9.54. The van der Waals surface area contributed by atoms with E-state index in [1.807, 2.05) is 13.0 Å². The fourth-order valence-corrected chi connectivity index (χ4v) is 1.98. The van der Waals surface area contributed by atoms with E-state index in [9.17, 15) is 4.79 Å². The molecule has 1 atom stereocenters. The Balaban J connectivity index is 0.000000347. The van der Waals surface area contributed by atoms with E-state index in [1.165, 1.54) is 12.5 Å². The molecule has 0 spiro atoms. The summed E-state index contributed by atoms with van der Waals surface area (Å²) in [4.78, 5) is 9.70. The topological polar surface area (TPSA) is 50.4 Å². The molecule has 5 heteroatoms. The summed E-state index contributed by atoms with van der Waals surface area (Å²) in [5.74, 6) is 0.00463. The lowest BCUT2D eigenvalue weighted by atomic mass is 10.0. The van der Waals surface area contributed by atoms with E-state index in [0.29, 0.717) is 0 Å². The van der Waals surface area contributed by atoms with Crippen LogP contribution in [0.4, 0.5) is 0 Å². The van der Waals surface area contributed by atoms with Crippen molar-refractivity contribution >= 4 is 17.5 Å². The summed E-state index contributed by atoms with van der Waals surface area (Å²) in [6, 6.07) is 6.18. The molecule has 112 valence electrons. The molecule has 20 heavy (non-hydrogen) atoms. The van der Waals surface area contributed by atoms with Gasteiger partial charge in [0, 0.05) is 25.5 Å². The van der Waals surface area contributed by atoms with Crippen molar-refractivity contribution in [3.05, 3.63) is 34.3 Å². The standard InChI is InChI=1S/C12H16ClNO.C3H7NO/c1-9-2-3-10(8-11(9)13)12-4-5-14-6-7-15-12;1-3(5)4-2/h2-3,8,12,14H,4-7H2,1H3;1-2H3,(H,4,5). The van der Waals surface area contributed by atoms with Crippen LogP contribution >= 0.6 is 11.6 Å². The van der Waals surface area contributed by atoms with Gasteiger partial charge >= 0.3 is 0 Å². The highest BCUT2D eigenvalue weighted by Gasteiger charge is 2.14. The van der Waals surface area contributed by atoms with E-state index >= 15 is 0 Å². The SMILES string of the molecule is CNC(C)=O.Cc1ccc(C2CCNCCO2)cc1Cl. The molecule has 4 nitrogen and oxygen atoms in total. The average molecular weight is 299 g/mol. The molecular formula is C15H23ClN2O2. The number of benzene rings is 1. The Bertz CT molecular complexity index is 430. The van der Waals surface area contributed by atoms with Crippen LogP contribution in [-0.4, -0.2) is 32.7 Å². The minimum atomic E-state index is 0.00463. The van der Waals surface area contributed by atoms with Crippen LogP contribution in [0.25, 0.3) is 0 Å². The van der Waals surface area contributed by atoms with E-state index < -0.39 is 0 Å². The van der Waals surface area contributed by atoms with Crippen LogP contribution < -0.4 is 10.6 Å². The first-order valence-corrected chi connectivity index (χ1v) is 7.19. The lowest BCUT2D eigenvalue weighted by molar-refractivity contribution is -0.118. The molecule has 2 N–H and O–H groups in total. The van der Waals surface area contributed by atoms with Gasteiger partial charge in [0.25, 0.3) is 0 Å². The van der Waals surface area contributed by atoms with Crippen molar-refractivity contribution in [2.45, 2.75) is 26.4 Å². The molecule has 1 aromatic carbocycles. The van der Waals surface area contributed by atoms with Crippen LogP contribution in [-0.2, 0) is 9.53 Å². The quantitative estimate of drug-likeness (QED) is 0.837. The number of rotatable bonds is 1. The van der Waals surface area contributed by atoms with Gasteiger partial charge in [-0.3, -0.25) is 4.79 Å². The Morgan fingerprint density at radius 3 is 2.75 bits per heavy atom. The zero-order chi connectivity index (χ0) is 15.0. The lowest BCUT2D eigenvalue weighted by Crippen LogP contribution is -2.16. The Morgan fingerprint density at radius 1 is 1.45 bits per heavy atom. The second kappa shape index (κ2) is 8.95. The van der Waals surface area contributed by atoms with Gasteiger partial charge in [-0.25, -0.2) is 0 Å². The number of carbonyl (C=O) groups excluding carboxylic acids is 1. The van der Waals surface area contributed by atoms with Crippen molar-refractivity contribution in [2.75, 3.05) is 26.7 Å². The highest BCUT2D eigenvalue weighted by molar-refractivity contribution is 6.31. The number of hydrogen-bond acceptors (Lipinski definition) is 3. The molecule has 2 rings (SSSR count). The third kappa shape index (κ3) is 5.90. The molecule has 1 aliphatic heterocycles. The van der Waals surface area contributed by atoms with Crippen LogP contribution in [0.3, 0.4) is 0 Å². The van der Waals surface area contributed by atoms with E-state index in [2.05, 4.69) is 22.8 Å². The average Bonchev–Trinajstić information content (AvgIpc) is 2.71. The number of ether oxygens (including phenoxy) is 1. The zero-order valence-corrected chi connectivity index (χ0v) is 13.1. The molecule has 0 aromatic heterocycles. The predicted molar refractivity (Wildman–Crippen MR) is 82.1 cm³/mol. The molecule has 1 heterocycles. The Morgan fingerprint density at radius 2 is 2.15 bits per heavy atom. The van der Waals surface area contributed by atoms with E-state index in [0.717, 1.165) is 36.7 Å². The summed E-state index contributed by atoms with van der Waals surface area (Å²) in [7, 11) is 1.60. The van der Waals surface area contributed by atoms with E-state index in [1.54, 1.807) is 7.05 Å². The van der Waals surface area contributed by atoms with Gasteiger partial charge in [-0.05, 0) is 37.1 Å². The molecule has 0 aliphatic carbocycles. The van der Waals surface area contributed by atoms with Crippen LogP contribution in [0, 0.1) is 6.92 Å². The monoisotopic (exact) mass is 298 g/mol. The van der Waals surface area contributed by atoms with Gasteiger partial charge in [0.1, 0.15) is 0 Å². The number of halogens is 1. The van der Waals surface area contributed by atoms with Gasteiger partial charge in [-0.1, -0.05) is 23.7 Å². The van der Waals surface area contributed by atoms with Gasteiger partial charge in [0.15, 0.2) is 0 Å². The molecule has 1 aliphatic rings. The summed E-state index contributed by atoms with van der Waals surface area (Å²) >= 11 is 6.10. The molecule has 0 bridgehead atoms. The molecule has 1 amide bonds. The maximum absolute atomic E-state index is 9.70. The smallest absolute Gasteiger partial charge is 0.216 e. The van der Waals surface area contributed by atoms with E-state index in [-0.39, 0.29) is 12.0 Å². The molecule has 1 fully saturated rings. The number of hydrogen-bond donors (Lipinski definition) is 2. The lowest BCUT2D eigenvalue weighted by Gasteiger charge is -2.15. The Labute approximate surface area is 125 Å².